The summed E-state index contributed by atoms with van der Waals surface area (Å²) in [4.78, 5) is 22.7. The van der Waals surface area contributed by atoms with E-state index in [1.165, 1.54) is 19.3 Å². The maximum Gasteiger partial charge on any atom is 0.221 e. The zero-order valence-electron chi connectivity index (χ0n) is 10.3. The van der Waals surface area contributed by atoms with Gasteiger partial charge in [-0.1, -0.05) is 19.3 Å². The Kier molecular flexibility index (Phi) is 6.62. The van der Waals surface area contributed by atoms with Gasteiger partial charge >= 0.3 is 0 Å². The Morgan fingerprint density at radius 3 is 2.41 bits per heavy atom. The molecule has 0 radical (unpaired) electrons. The molecule has 0 aromatic carbocycles. The van der Waals surface area contributed by atoms with Crippen molar-refractivity contribution in [3.63, 3.8) is 0 Å². The largest absolute Gasteiger partial charge is 0.356 e. The van der Waals surface area contributed by atoms with Crippen molar-refractivity contribution in [3.05, 3.63) is 0 Å². The van der Waals surface area contributed by atoms with Crippen LogP contribution in [-0.2, 0) is 9.59 Å². The lowest BCUT2D eigenvalue weighted by Gasteiger charge is -2.22. The van der Waals surface area contributed by atoms with E-state index in [0.29, 0.717) is 32.0 Å². The molecule has 0 spiro atoms. The quantitative estimate of drug-likeness (QED) is 0.625. The number of rotatable bonds is 6. The maximum absolute atomic E-state index is 11.6. The molecule has 0 aromatic heterocycles. The number of hydrogen-bond acceptors (Lipinski definition) is 3. The highest BCUT2D eigenvalue weighted by Gasteiger charge is 2.15. The third-order valence-electron chi connectivity index (χ3n) is 3.02. The van der Waals surface area contributed by atoms with Crippen LogP contribution in [0.3, 0.4) is 0 Å². The Morgan fingerprint density at radius 2 is 1.76 bits per heavy atom. The van der Waals surface area contributed by atoms with E-state index >= 15 is 0 Å². The summed E-state index contributed by atoms with van der Waals surface area (Å²) in [6.07, 6.45) is 6.55. The Balaban J connectivity index is 2.06. The van der Waals surface area contributed by atoms with Crippen LogP contribution >= 0.6 is 0 Å². The Bertz CT molecular complexity index is 250. The Labute approximate surface area is 103 Å². The molecule has 1 fully saturated rings. The molecule has 0 bridgehead atoms. The molecular formula is C12H23N3O2. The van der Waals surface area contributed by atoms with Crippen molar-refractivity contribution >= 4 is 11.8 Å². The summed E-state index contributed by atoms with van der Waals surface area (Å²) in [7, 11) is 0. The molecule has 0 aliphatic heterocycles. The Hall–Kier alpha value is -1.10. The molecule has 2 amide bonds. The van der Waals surface area contributed by atoms with Crippen molar-refractivity contribution in [1.29, 1.82) is 0 Å². The van der Waals surface area contributed by atoms with Crippen LogP contribution in [0.25, 0.3) is 0 Å². The average molecular weight is 241 g/mol. The summed E-state index contributed by atoms with van der Waals surface area (Å²) < 4.78 is 0. The SMILES string of the molecule is NCCC(=O)NCCC(=O)NC1CCCCC1. The van der Waals surface area contributed by atoms with E-state index < -0.39 is 0 Å². The lowest BCUT2D eigenvalue weighted by Crippen LogP contribution is -2.38. The van der Waals surface area contributed by atoms with Gasteiger partial charge in [0.05, 0.1) is 0 Å². The van der Waals surface area contributed by atoms with Crippen LogP contribution < -0.4 is 16.4 Å². The Morgan fingerprint density at radius 1 is 1.06 bits per heavy atom. The van der Waals surface area contributed by atoms with Crippen LogP contribution in [0, 0.1) is 0 Å². The first-order valence-electron chi connectivity index (χ1n) is 6.48. The zero-order valence-corrected chi connectivity index (χ0v) is 10.3. The second kappa shape index (κ2) is 8.06. The van der Waals surface area contributed by atoms with Gasteiger partial charge in [-0.2, -0.15) is 0 Å². The van der Waals surface area contributed by atoms with E-state index in [4.69, 9.17) is 5.73 Å². The van der Waals surface area contributed by atoms with Gasteiger partial charge in [-0.25, -0.2) is 0 Å². The number of nitrogens with one attached hydrogen (secondary N) is 2. The molecule has 1 aliphatic rings. The van der Waals surface area contributed by atoms with Gasteiger partial charge in [-0.15, -0.1) is 0 Å². The third-order valence-corrected chi connectivity index (χ3v) is 3.02. The molecule has 17 heavy (non-hydrogen) atoms. The molecule has 0 aromatic rings. The van der Waals surface area contributed by atoms with Gasteiger partial charge in [-0.3, -0.25) is 9.59 Å². The van der Waals surface area contributed by atoms with Crippen LogP contribution in [0.1, 0.15) is 44.9 Å². The molecule has 0 atom stereocenters. The van der Waals surface area contributed by atoms with Crippen molar-refractivity contribution < 1.29 is 9.59 Å². The van der Waals surface area contributed by atoms with Gasteiger partial charge in [0.15, 0.2) is 0 Å². The molecule has 98 valence electrons. The molecule has 1 aliphatic carbocycles. The average Bonchev–Trinajstić information content (AvgIpc) is 2.30. The highest BCUT2D eigenvalue weighted by atomic mass is 16.2. The smallest absolute Gasteiger partial charge is 0.221 e. The molecule has 0 saturated heterocycles. The van der Waals surface area contributed by atoms with E-state index in [1.54, 1.807) is 0 Å². The van der Waals surface area contributed by atoms with Crippen molar-refractivity contribution in [2.24, 2.45) is 5.73 Å². The highest BCUT2D eigenvalue weighted by molar-refractivity contribution is 5.79. The first-order valence-corrected chi connectivity index (χ1v) is 6.48. The summed E-state index contributed by atoms with van der Waals surface area (Å²) in [5.41, 5.74) is 5.24. The third kappa shape index (κ3) is 6.26. The fourth-order valence-corrected chi connectivity index (χ4v) is 2.08. The van der Waals surface area contributed by atoms with Crippen LogP contribution in [0.2, 0.25) is 0 Å². The minimum atomic E-state index is -0.0852. The second-order valence-corrected chi connectivity index (χ2v) is 4.54. The summed E-state index contributed by atoms with van der Waals surface area (Å²) in [6, 6.07) is 0.344. The van der Waals surface area contributed by atoms with Crippen molar-refractivity contribution in [2.45, 2.75) is 51.0 Å². The minimum Gasteiger partial charge on any atom is -0.356 e. The number of nitrogens with two attached hydrogens (primary N) is 1. The highest BCUT2D eigenvalue weighted by Crippen LogP contribution is 2.17. The number of carbonyl (C=O) groups excluding carboxylic acids is 2. The standard InChI is InChI=1S/C12H23N3O2/c13-8-6-11(16)14-9-7-12(17)15-10-4-2-1-3-5-10/h10H,1-9,13H2,(H,14,16)(H,15,17). The van der Waals surface area contributed by atoms with E-state index in [2.05, 4.69) is 10.6 Å². The first-order chi connectivity index (χ1) is 8.22. The summed E-state index contributed by atoms with van der Waals surface area (Å²) in [6.45, 7) is 0.748. The van der Waals surface area contributed by atoms with E-state index in [0.717, 1.165) is 12.8 Å². The fraction of sp³-hybridized carbons (Fsp3) is 0.833. The molecular weight excluding hydrogens is 218 g/mol. The van der Waals surface area contributed by atoms with Crippen molar-refractivity contribution in [1.82, 2.24) is 10.6 Å². The summed E-state index contributed by atoms with van der Waals surface area (Å²) in [5.74, 6) is -0.0529. The normalized spacial score (nSPS) is 16.5. The molecule has 0 heterocycles. The maximum atomic E-state index is 11.6. The molecule has 1 saturated carbocycles. The monoisotopic (exact) mass is 241 g/mol. The van der Waals surface area contributed by atoms with Crippen LogP contribution in [-0.4, -0.2) is 30.9 Å². The molecule has 0 unspecified atom stereocenters. The number of hydrogen-bond donors (Lipinski definition) is 3. The van der Waals surface area contributed by atoms with E-state index in [-0.39, 0.29) is 11.8 Å². The summed E-state index contributed by atoms with van der Waals surface area (Å²) >= 11 is 0. The number of carbonyl (C=O) groups is 2. The zero-order chi connectivity index (χ0) is 12.5. The van der Waals surface area contributed by atoms with E-state index in [1.807, 2.05) is 0 Å². The van der Waals surface area contributed by atoms with Gasteiger partial charge in [0, 0.05) is 32.0 Å². The predicted octanol–water partition coefficient (Wildman–Crippen LogP) is 0.290. The lowest BCUT2D eigenvalue weighted by atomic mass is 9.95. The molecule has 1 rings (SSSR count). The van der Waals surface area contributed by atoms with Crippen molar-refractivity contribution in [2.75, 3.05) is 13.1 Å². The molecule has 5 nitrogen and oxygen atoms in total. The number of amides is 2. The van der Waals surface area contributed by atoms with Gasteiger partial charge < -0.3 is 16.4 Å². The molecule has 4 N–H and O–H groups in total. The van der Waals surface area contributed by atoms with Crippen LogP contribution in [0.15, 0.2) is 0 Å². The minimum absolute atomic E-state index is 0.0324. The van der Waals surface area contributed by atoms with Crippen LogP contribution in [0.5, 0.6) is 0 Å². The van der Waals surface area contributed by atoms with Crippen molar-refractivity contribution in [3.8, 4) is 0 Å². The lowest BCUT2D eigenvalue weighted by molar-refractivity contribution is -0.122. The predicted molar refractivity (Wildman–Crippen MR) is 66.3 cm³/mol. The topological polar surface area (TPSA) is 84.2 Å². The van der Waals surface area contributed by atoms with Gasteiger partial charge in [0.2, 0.25) is 11.8 Å². The van der Waals surface area contributed by atoms with Gasteiger partial charge in [-0.05, 0) is 12.8 Å². The summed E-state index contributed by atoms with van der Waals surface area (Å²) in [5, 5.41) is 5.68. The van der Waals surface area contributed by atoms with E-state index in [9.17, 15) is 9.59 Å². The second-order valence-electron chi connectivity index (χ2n) is 4.54. The first kappa shape index (κ1) is 14.0. The van der Waals surface area contributed by atoms with Gasteiger partial charge in [0.25, 0.3) is 0 Å². The molecule has 5 heteroatoms. The van der Waals surface area contributed by atoms with Gasteiger partial charge in [0.1, 0.15) is 0 Å². The van der Waals surface area contributed by atoms with Crippen LogP contribution in [0.4, 0.5) is 0 Å². The fourth-order valence-electron chi connectivity index (χ4n) is 2.08.